The first-order valence-corrected chi connectivity index (χ1v) is 5.28. The standard InChI is InChI=1S/C6H11NO4S/c1-11-6(8)5-3-2-4-12(9,10)7-5/h5,7H,2-4H2,1H3/t5-/m1/s1. The maximum Gasteiger partial charge on any atom is 0.323 e. The molecule has 0 unspecified atom stereocenters. The van der Waals surface area contributed by atoms with Gasteiger partial charge >= 0.3 is 5.97 Å². The fourth-order valence-electron chi connectivity index (χ4n) is 1.12. The van der Waals surface area contributed by atoms with E-state index >= 15 is 0 Å². The number of methoxy groups -OCH3 is 1. The van der Waals surface area contributed by atoms with Crippen LogP contribution >= 0.6 is 0 Å². The van der Waals surface area contributed by atoms with Gasteiger partial charge in [-0.25, -0.2) is 13.1 Å². The van der Waals surface area contributed by atoms with Crippen molar-refractivity contribution in [1.29, 1.82) is 0 Å². The van der Waals surface area contributed by atoms with E-state index in [9.17, 15) is 13.2 Å². The monoisotopic (exact) mass is 193 g/mol. The molecule has 0 amide bonds. The van der Waals surface area contributed by atoms with Crippen molar-refractivity contribution in [2.24, 2.45) is 0 Å². The van der Waals surface area contributed by atoms with Gasteiger partial charge in [-0.05, 0) is 12.8 Å². The first-order chi connectivity index (χ1) is 5.55. The van der Waals surface area contributed by atoms with E-state index in [1.54, 1.807) is 0 Å². The van der Waals surface area contributed by atoms with Crippen LogP contribution in [0.4, 0.5) is 0 Å². The van der Waals surface area contributed by atoms with E-state index in [1.807, 2.05) is 0 Å². The number of sulfonamides is 1. The van der Waals surface area contributed by atoms with Crippen molar-refractivity contribution in [2.75, 3.05) is 12.9 Å². The summed E-state index contributed by atoms with van der Waals surface area (Å²) in [6, 6.07) is -0.686. The van der Waals surface area contributed by atoms with E-state index < -0.39 is 22.0 Å². The average Bonchev–Trinajstić information content (AvgIpc) is 2.01. The molecule has 70 valence electrons. The summed E-state index contributed by atoms with van der Waals surface area (Å²) in [6.07, 6.45) is 1.03. The van der Waals surface area contributed by atoms with Gasteiger partial charge < -0.3 is 4.74 Å². The highest BCUT2D eigenvalue weighted by Gasteiger charge is 2.29. The van der Waals surface area contributed by atoms with Crippen molar-refractivity contribution in [3.05, 3.63) is 0 Å². The van der Waals surface area contributed by atoms with Crippen molar-refractivity contribution >= 4 is 16.0 Å². The van der Waals surface area contributed by atoms with Crippen LogP contribution in [0.3, 0.4) is 0 Å². The molecule has 1 atom stereocenters. The van der Waals surface area contributed by atoms with Gasteiger partial charge in [-0.15, -0.1) is 0 Å². The SMILES string of the molecule is COC(=O)[C@H]1CCCS(=O)(=O)N1. The van der Waals surface area contributed by atoms with Crippen LogP contribution in [0, 0.1) is 0 Å². The number of carbonyl (C=O) groups excluding carboxylic acids is 1. The van der Waals surface area contributed by atoms with Gasteiger partial charge in [0.25, 0.3) is 0 Å². The molecule has 1 rings (SSSR count). The van der Waals surface area contributed by atoms with E-state index in [2.05, 4.69) is 9.46 Å². The van der Waals surface area contributed by atoms with Gasteiger partial charge in [0.1, 0.15) is 6.04 Å². The molecule has 0 saturated carbocycles. The molecule has 1 fully saturated rings. The predicted octanol–water partition coefficient (Wildman–Crippen LogP) is -0.759. The van der Waals surface area contributed by atoms with E-state index in [0.29, 0.717) is 12.8 Å². The van der Waals surface area contributed by atoms with Crippen LogP contribution in [0.5, 0.6) is 0 Å². The smallest absolute Gasteiger partial charge is 0.323 e. The topological polar surface area (TPSA) is 72.5 Å². The fourth-order valence-corrected chi connectivity index (χ4v) is 2.43. The van der Waals surface area contributed by atoms with E-state index in [4.69, 9.17) is 0 Å². The molecule has 1 saturated heterocycles. The Kier molecular flexibility index (Phi) is 2.69. The van der Waals surface area contributed by atoms with E-state index in [-0.39, 0.29) is 5.75 Å². The van der Waals surface area contributed by atoms with Crippen LogP contribution in [0.2, 0.25) is 0 Å². The quantitative estimate of drug-likeness (QED) is 0.556. The van der Waals surface area contributed by atoms with Crippen LogP contribution in [-0.4, -0.2) is 33.3 Å². The number of hydrogen-bond donors (Lipinski definition) is 1. The van der Waals surface area contributed by atoms with E-state index in [0.717, 1.165) is 0 Å². The molecule has 0 aromatic heterocycles. The van der Waals surface area contributed by atoms with Crippen LogP contribution in [0.1, 0.15) is 12.8 Å². The lowest BCUT2D eigenvalue weighted by Crippen LogP contribution is -2.46. The Morgan fingerprint density at radius 1 is 1.58 bits per heavy atom. The van der Waals surface area contributed by atoms with Gasteiger partial charge in [0.2, 0.25) is 10.0 Å². The largest absolute Gasteiger partial charge is 0.468 e. The molecule has 0 bridgehead atoms. The lowest BCUT2D eigenvalue weighted by Gasteiger charge is -2.20. The molecular formula is C6H11NO4S. The van der Waals surface area contributed by atoms with Crippen LogP contribution in [-0.2, 0) is 19.6 Å². The predicted molar refractivity (Wildman–Crippen MR) is 42.0 cm³/mol. The van der Waals surface area contributed by atoms with Gasteiger partial charge in [-0.1, -0.05) is 0 Å². The highest BCUT2D eigenvalue weighted by Crippen LogP contribution is 2.09. The average molecular weight is 193 g/mol. The third-order valence-electron chi connectivity index (χ3n) is 1.71. The Balaban J connectivity index is 2.64. The summed E-state index contributed by atoms with van der Waals surface area (Å²) in [7, 11) is -2.00. The van der Waals surface area contributed by atoms with Gasteiger partial charge in [-0.2, -0.15) is 0 Å². The summed E-state index contributed by atoms with van der Waals surface area (Å²) in [5, 5.41) is 0. The normalized spacial score (nSPS) is 27.9. The number of carbonyl (C=O) groups is 1. The zero-order valence-corrected chi connectivity index (χ0v) is 7.56. The first-order valence-electron chi connectivity index (χ1n) is 3.63. The molecule has 1 N–H and O–H groups in total. The highest BCUT2D eigenvalue weighted by molar-refractivity contribution is 7.89. The molecule has 12 heavy (non-hydrogen) atoms. The highest BCUT2D eigenvalue weighted by atomic mass is 32.2. The van der Waals surface area contributed by atoms with Crippen LogP contribution in [0.25, 0.3) is 0 Å². The Morgan fingerprint density at radius 2 is 2.25 bits per heavy atom. The summed E-state index contributed by atoms with van der Waals surface area (Å²) in [5.74, 6) is -0.418. The van der Waals surface area contributed by atoms with Crippen molar-refractivity contribution in [2.45, 2.75) is 18.9 Å². The second-order valence-corrected chi connectivity index (χ2v) is 4.53. The molecule has 1 aliphatic rings. The van der Waals surface area contributed by atoms with Crippen molar-refractivity contribution in [3.8, 4) is 0 Å². The molecule has 6 heteroatoms. The molecule has 0 radical (unpaired) electrons. The minimum atomic E-state index is -3.24. The Labute approximate surface area is 71.1 Å². The van der Waals surface area contributed by atoms with Gasteiger partial charge in [0.15, 0.2) is 0 Å². The molecule has 1 aliphatic heterocycles. The molecule has 0 aromatic carbocycles. The maximum atomic E-state index is 11.0. The minimum Gasteiger partial charge on any atom is -0.468 e. The maximum absolute atomic E-state index is 11.0. The second kappa shape index (κ2) is 3.40. The first kappa shape index (κ1) is 9.47. The van der Waals surface area contributed by atoms with Gasteiger partial charge in [-0.3, -0.25) is 4.79 Å². The molecule has 5 nitrogen and oxygen atoms in total. The number of rotatable bonds is 1. The number of esters is 1. The lowest BCUT2D eigenvalue weighted by atomic mass is 10.2. The molecule has 1 heterocycles. The molecule has 0 spiro atoms. The molecular weight excluding hydrogens is 182 g/mol. The summed E-state index contributed by atoms with van der Waals surface area (Å²) in [4.78, 5) is 10.9. The summed E-state index contributed by atoms with van der Waals surface area (Å²) >= 11 is 0. The molecule has 0 aliphatic carbocycles. The van der Waals surface area contributed by atoms with E-state index in [1.165, 1.54) is 7.11 Å². The Bertz CT molecular complexity index is 271. The fraction of sp³-hybridized carbons (Fsp3) is 0.833. The number of hydrogen-bond acceptors (Lipinski definition) is 4. The molecule has 0 aromatic rings. The summed E-state index contributed by atoms with van der Waals surface area (Å²) < 4.78 is 28.6. The summed E-state index contributed by atoms with van der Waals surface area (Å²) in [5.41, 5.74) is 0. The lowest BCUT2D eigenvalue weighted by molar-refractivity contribution is -0.142. The third kappa shape index (κ3) is 2.18. The number of nitrogens with one attached hydrogen (secondary N) is 1. The van der Waals surface area contributed by atoms with Crippen molar-refractivity contribution in [3.63, 3.8) is 0 Å². The number of ether oxygens (including phenoxy) is 1. The van der Waals surface area contributed by atoms with Crippen molar-refractivity contribution < 1.29 is 17.9 Å². The zero-order chi connectivity index (χ0) is 9.19. The Hall–Kier alpha value is -0.620. The van der Waals surface area contributed by atoms with Gasteiger partial charge in [0, 0.05) is 0 Å². The zero-order valence-electron chi connectivity index (χ0n) is 6.74. The van der Waals surface area contributed by atoms with Crippen LogP contribution in [0.15, 0.2) is 0 Å². The third-order valence-corrected chi connectivity index (χ3v) is 3.18. The second-order valence-electron chi connectivity index (χ2n) is 2.65. The Morgan fingerprint density at radius 3 is 2.75 bits per heavy atom. The summed E-state index contributed by atoms with van der Waals surface area (Å²) in [6.45, 7) is 0. The van der Waals surface area contributed by atoms with Gasteiger partial charge in [0.05, 0.1) is 12.9 Å². The van der Waals surface area contributed by atoms with Crippen LogP contribution < -0.4 is 4.72 Å². The van der Waals surface area contributed by atoms with Crippen molar-refractivity contribution in [1.82, 2.24) is 4.72 Å². The minimum absolute atomic E-state index is 0.0977.